The minimum Gasteiger partial charge on any atom is -0.493 e. The molecule has 0 amide bonds. The van der Waals surface area contributed by atoms with E-state index in [4.69, 9.17) is 14.2 Å². The number of nitrogens with zero attached hydrogens (tertiary/aromatic N) is 2. The van der Waals surface area contributed by atoms with Crippen LogP contribution in [0.25, 0.3) is 0 Å². The van der Waals surface area contributed by atoms with Crippen LogP contribution in [-0.4, -0.2) is 36.4 Å². The zero-order valence-electron chi connectivity index (χ0n) is 15.3. The van der Waals surface area contributed by atoms with E-state index in [1.54, 1.807) is 14.0 Å². The van der Waals surface area contributed by atoms with Crippen LogP contribution in [0.5, 0.6) is 11.5 Å². The number of benzene rings is 1. The van der Waals surface area contributed by atoms with Crippen molar-refractivity contribution in [2.24, 2.45) is 4.99 Å². The summed E-state index contributed by atoms with van der Waals surface area (Å²) in [6.45, 7) is 6.40. The molecule has 0 aromatic heterocycles. The quantitative estimate of drug-likeness (QED) is 0.705. The molecule has 6 nitrogen and oxygen atoms in total. The van der Waals surface area contributed by atoms with Crippen LogP contribution in [0.15, 0.2) is 46.1 Å². The molecule has 7 heteroatoms. The Balaban J connectivity index is 2.10. The third kappa shape index (κ3) is 3.31. The third-order valence-corrected chi connectivity index (χ3v) is 4.89. The Morgan fingerprint density at radius 3 is 2.77 bits per heavy atom. The molecule has 0 fully saturated rings. The first kappa shape index (κ1) is 18.4. The number of allylic oxidation sites excluding steroid dienone is 1. The Hall–Kier alpha value is -2.41. The fraction of sp³-hybridized carbons (Fsp3) is 0.368. The number of carbonyl (C=O) groups is 1. The highest BCUT2D eigenvalue weighted by molar-refractivity contribution is 8.16. The molecule has 1 aromatic rings. The van der Waals surface area contributed by atoms with Gasteiger partial charge >= 0.3 is 5.97 Å². The summed E-state index contributed by atoms with van der Waals surface area (Å²) < 4.78 is 16.4. The van der Waals surface area contributed by atoms with Gasteiger partial charge < -0.3 is 19.1 Å². The summed E-state index contributed by atoms with van der Waals surface area (Å²) in [7, 11) is 1.61. The van der Waals surface area contributed by atoms with Gasteiger partial charge in [0.1, 0.15) is 0 Å². The maximum atomic E-state index is 12.7. The van der Waals surface area contributed by atoms with Gasteiger partial charge in [-0.05, 0) is 43.9 Å². The van der Waals surface area contributed by atoms with Crippen molar-refractivity contribution >= 4 is 22.9 Å². The average Bonchev–Trinajstić information content (AvgIpc) is 3.08. The molecule has 26 heavy (non-hydrogen) atoms. The number of esters is 1. The van der Waals surface area contributed by atoms with E-state index in [0.29, 0.717) is 36.0 Å². The van der Waals surface area contributed by atoms with Gasteiger partial charge in [0.15, 0.2) is 16.7 Å². The number of amidine groups is 1. The molecular formula is C19H22N2O4S. The van der Waals surface area contributed by atoms with Crippen LogP contribution in [0, 0.1) is 0 Å². The Morgan fingerprint density at radius 1 is 1.27 bits per heavy atom. The van der Waals surface area contributed by atoms with Gasteiger partial charge in [-0.1, -0.05) is 17.8 Å². The lowest BCUT2D eigenvalue weighted by molar-refractivity contribution is -0.139. The maximum Gasteiger partial charge on any atom is 0.338 e. The highest BCUT2D eigenvalue weighted by Gasteiger charge is 2.37. The van der Waals surface area contributed by atoms with Crippen molar-refractivity contribution in [1.82, 2.24) is 4.90 Å². The number of hydrogen-bond acceptors (Lipinski definition) is 7. The van der Waals surface area contributed by atoms with Gasteiger partial charge in [0, 0.05) is 6.20 Å². The number of carbonyl (C=O) groups excluding carboxylic acids is 1. The Bertz CT molecular complexity index is 801. The third-order valence-electron chi connectivity index (χ3n) is 4.12. The largest absolute Gasteiger partial charge is 0.493 e. The van der Waals surface area contributed by atoms with Crippen LogP contribution in [0.3, 0.4) is 0 Å². The number of hydrogen-bond donors (Lipinski definition) is 0. The summed E-state index contributed by atoms with van der Waals surface area (Å²) in [4.78, 5) is 19.2. The molecule has 0 N–H and O–H groups in total. The van der Waals surface area contributed by atoms with Crippen molar-refractivity contribution < 1.29 is 19.0 Å². The molecule has 0 saturated heterocycles. The number of ether oxygens (including phenoxy) is 3. The van der Waals surface area contributed by atoms with E-state index in [2.05, 4.69) is 4.99 Å². The summed E-state index contributed by atoms with van der Waals surface area (Å²) >= 11 is 1.53. The highest BCUT2D eigenvalue weighted by atomic mass is 32.2. The fourth-order valence-electron chi connectivity index (χ4n) is 3.03. The molecule has 0 aliphatic carbocycles. The summed E-state index contributed by atoms with van der Waals surface area (Å²) in [5.41, 5.74) is 2.12. The van der Waals surface area contributed by atoms with Gasteiger partial charge in [0.2, 0.25) is 0 Å². The Morgan fingerprint density at radius 2 is 2.08 bits per heavy atom. The van der Waals surface area contributed by atoms with E-state index in [-0.39, 0.29) is 12.0 Å². The Labute approximate surface area is 157 Å². The lowest BCUT2D eigenvalue weighted by Gasteiger charge is -2.33. The van der Waals surface area contributed by atoms with E-state index in [1.165, 1.54) is 11.8 Å². The molecule has 0 bridgehead atoms. The summed E-state index contributed by atoms with van der Waals surface area (Å²) in [5.74, 6) is 0.954. The van der Waals surface area contributed by atoms with E-state index in [0.717, 1.165) is 10.7 Å². The zero-order chi connectivity index (χ0) is 18.7. The lowest BCUT2D eigenvalue weighted by Crippen LogP contribution is -2.34. The molecule has 0 unspecified atom stereocenters. The van der Waals surface area contributed by atoms with Crippen molar-refractivity contribution in [3.05, 3.63) is 46.6 Å². The molecule has 0 radical (unpaired) electrons. The van der Waals surface area contributed by atoms with Crippen molar-refractivity contribution in [3.8, 4) is 11.5 Å². The van der Waals surface area contributed by atoms with Crippen molar-refractivity contribution in [3.63, 3.8) is 0 Å². The number of thioether (sulfide) groups is 1. The van der Waals surface area contributed by atoms with Crippen LogP contribution in [0.1, 0.15) is 32.4 Å². The van der Waals surface area contributed by atoms with Crippen LogP contribution < -0.4 is 9.47 Å². The monoisotopic (exact) mass is 374 g/mol. The number of methoxy groups -OCH3 is 1. The van der Waals surface area contributed by atoms with E-state index in [1.807, 2.05) is 48.6 Å². The van der Waals surface area contributed by atoms with Crippen molar-refractivity contribution in [1.29, 1.82) is 0 Å². The minimum atomic E-state index is -0.350. The van der Waals surface area contributed by atoms with Crippen LogP contribution in [0.2, 0.25) is 0 Å². The van der Waals surface area contributed by atoms with Crippen molar-refractivity contribution in [2.45, 2.75) is 26.8 Å². The number of rotatable bonds is 6. The first-order valence-electron chi connectivity index (χ1n) is 8.49. The van der Waals surface area contributed by atoms with Gasteiger partial charge in [-0.3, -0.25) is 0 Å². The Kier molecular flexibility index (Phi) is 5.56. The fourth-order valence-corrected chi connectivity index (χ4v) is 3.82. The summed E-state index contributed by atoms with van der Waals surface area (Å²) in [6, 6.07) is 5.40. The number of aliphatic imine (C=N–C) groups is 1. The summed E-state index contributed by atoms with van der Waals surface area (Å²) in [5, 5.41) is 2.80. The molecule has 138 valence electrons. The van der Waals surface area contributed by atoms with Gasteiger partial charge in [-0.2, -0.15) is 0 Å². The normalized spacial score (nSPS) is 18.5. The lowest BCUT2D eigenvalue weighted by atomic mass is 9.94. The van der Waals surface area contributed by atoms with E-state index >= 15 is 0 Å². The van der Waals surface area contributed by atoms with Gasteiger partial charge in [-0.15, -0.1) is 0 Å². The molecule has 2 aliphatic rings. The van der Waals surface area contributed by atoms with Gasteiger partial charge in [-0.25, -0.2) is 9.79 Å². The van der Waals surface area contributed by atoms with Crippen LogP contribution in [0.4, 0.5) is 0 Å². The van der Waals surface area contributed by atoms with Crippen LogP contribution >= 0.6 is 11.8 Å². The van der Waals surface area contributed by atoms with Crippen molar-refractivity contribution in [2.75, 3.05) is 20.3 Å². The minimum absolute atomic E-state index is 0.316. The van der Waals surface area contributed by atoms with Crippen LogP contribution in [-0.2, 0) is 9.53 Å². The molecule has 3 rings (SSSR count). The first-order chi connectivity index (χ1) is 12.6. The molecule has 2 heterocycles. The molecule has 2 aliphatic heterocycles. The smallest absolute Gasteiger partial charge is 0.338 e. The van der Waals surface area contributed by atoms with Gasteiger partial charge in [0.25, 0.3) is 0 Å². The topological polar surface area (TPSA) is 60.4 Å². The predicted octanol–water partition coefficient (Wildman–Crippen LogP) is 3.86. The molecule has 1 atom stereocenters. The van der Waals surface area contributed by atoms with Gasteiger partial charge in [0.05, 0.1) is 37.6 Å². The zero-order valence-corrected chi connectivity index (χ0v) is 16.1. The second-order valence-electron chi connectivity index (χ2n) is 5.67. The molecule has 0 saturated carbocycles. The second kappa shape index (κ2) is 7.86. The molecule has 1 aromatic carbocycles. The molecular weight excluding hydrogens is 352 g/mol. The average molecular weight is 374 g/mol. The number of fused-ring (bicyclic) bond motifs is 1. The maximum absolute atomic E-state index is 12.7. The predicted molar refractivity (Wildman–Crippen MR) is 102 cm³/mol. The summed E-state index contributed by atoms with van der Waals surface area (Å²) in [6.07, 6.45) is 1.93. The highest BCUT2D eigenvalue weighted by Crippen LogP contribution is 2.43. The SMILES string of the molecule is CCOC(=O)C1=C(C)N=C2SC=CN2[C@H]1c1ccc(OC)c(OCC)c1. The second-order valence-corrected chi connectivity index (χ2v) is 6.54. The standard InChI is InChI=1S/C19H22N2O4S/c1-5-24-15-11-13(7-8-14(15)23-4)17-16(18(22)25-6-2)12(3)20-19-21(17)9-10-26-19/h7-11,17H,5-6H2,1-4H3/t17-/m0/s1. The van der Waals surface area contributed by atoms with E-state index in [9.17, 15) is 4.79 Å². The first-order valence-corrected chi connectivity index (χ1v) is 9.37. The molecule has 0 spiro atoms. The van der Waals surface area contributed by atoms with E-state index < -0.39 is 0 Å².